The number of anilines is 1. The number of halogens is 1. The zero-order valence-electron chi connectivity index (χ0n) is 15.4. The van der Waals surface area contributed by atoms with Gasteiger partial charge in [-0.2, -0.15) is 5.26 Å². The molecule has 1 heterocycles. The molecule has 0 saturated carbocycles. The van der Waals surface area contributed by atoms with Gasteiger partial charge in [0, 0.05) is 24.5 Å². The van der Waals surface area contributed by atoms with Crippen LogP contribution >= 0.6 is 11.6 Å². The Labute approximate surface area is 172 Å². The largest absolute Gasteiger partial charge is 0.455 e. The molecule has 1 fully saturated rings. The van der Waals surface area contributed by atoms with Gasteiger partial charge in [0.25, 0.3) is 5.91 Å². The number of carbonyl (C=O) groups excluding carboxylic acids is 3. The smallest absolute Gasteiger partial charge is 0.311 e. The number of hydrogen-bond acceptors (Lipinski definition) is 5. The van der Waals surface area contributed by atoms with Crippen LogP contribution in [0.4, 0.5) is 5.69 Å². The molecule has 1 unspecified atom stereocenters. The monoisotopic (exact) mass is 411 g/mol. The van der Waals surface area contributed by atoms with Crippen molar-refractivity contribution in [3.05, 3.63) is 64.7 Å². The Morgan fingerprint density at radius 1 is 1.24 bits per heavy atom. The molecule has 7 nitrogen and oxygen atoms in total. The van der Waals surface area contributed by atoms with Crippen LogP contribution in [0.2, 0.25) is 5.02 Å². The summed E-state index contributed by atoms with van der Waals surface area (Å²) < 4.78 is 5.06. The predicted octanol–water partition coefficient (Wildman–Crippen LogP) is 2.74. The van der Waals surface area contributed by atoms with E-state index in [-0.39, 0.29) is 30.1 Å². The van der Waals surface area contributed by atoms with Crippen LogP contribution in [0.25, 0.3) is 0 Å². The van der Waals surface area contributed by atoms with Crippen LogP contribution in [0.1, 0.15) is 17.5 Å². The van der Waals surface area contributed by atoms with Crippen molar-refractivity contribution >= 4 is 35.1 Å². The predicted molar refractivity (Wildman–Crippen MR) is 106 cm³/mol. The molecule has 148 valence electrons. The van der Waals surface area contributed by atoms with Crippen LogP contribution in [0.15, 0.2) is 48.5 Å². The first-order chi connectivity index (χ1) is 14.0. The summed E-state index contributed by atoms with van der Waals surface area (Å²) in [5.41, 5.74) is 1.46. The first kappa shape index (κ1) is 20.4. The maximum atomic E-state index is 12.3. The summed E-state index contributed by atoms with van der Waals surface area (Å²) in [5.74, 6) is -1.93. The summed E-state index contributed by atoms with van der Waals surface area (Å²) in [5, 5.41) is 11.9. The Kier molecular flexibility index (Phi) is 6.47. The highest BCUT2D eigenvalue weighted by Gasteiger charge is 2.35. The van der Waals surface area contributed by atoms with E-state index in [0.717, 1.165) is 5.56 Å². The second-order valence-electron chi connectivity index (χ2n) is 6.62. The molecular weight excluding hydrogens is 394 g/mol. The number of carbonyl (C=O) groups is 3. The lowest BCUT2D eigenvalue weighted by atomic mass is 10.1. The third kappa shape index (κ3) is 5.33. The van der Waals surface area contributed by atoms with Gasteiger partial charge in [-0.05, 0) is 23.8 Å². The van der Waals surface area contributed by atoms with E-state index in [1.54, 1.807) is 4.90 Å². The topological polar surface area (TPSA) is 99.5 Å². The molecule has 29 heavy (non-hydrogen) atoms. The van der Waals surface area contributed by atoms with Gasteiger partial charge < -0.3 is 15.0 Å². The minimum absolute atomic E-state index is 0.0557. The van der Waals surface area contributed by atoms with E-state index in [0.29, 0.717) is 11.6 Å². The van der Waals surface area contributed by atoms with Crippen molar-refractivity contribution in [1.82, 2.24) is 4.90 Å². The van der Waals surface area contributed by atoms with Gasteiger partial charge in [-0.25, -0.2) is 0 Å². The third-order valence-electron chi connectivity index (χ3n) is 4.49. The van der Waals surface area contributed by atoms with Crippen molar-refractivity contribution < 1.29 is 19.1 Å². The van der Waals surface area contributed by atoms with E-state index in [2.05, 4.69) is 5.32 Å². The van der Waals surface area contributed by atoms with E-state index in [1.807, 2.05) is 36.4 Å². The SMILES string of the molecule is N#Cc1ccc(Cl)cc1NC(=O)COC(=O)C1CC(=O)N(Cc2ccccc2)C1. The number of nitriles is 1. The summed E-state index contributed by atoms with van der Waals surface area (Å²) >= 11 is 5.87. The molecule has 0 bridgehead atoms. The molecule has 2 aromatic carbocycles. The molecule has 1 aliphatic rings. The number of hydrogen-bond donors (Lipinski definition) is 1. The fourth-order valence-electron chi connectivity index (χ4n) is 3.04. The minimum atomic E-state index is -0.611. The second kappa shape index (κ2) is 9.22. The highest BCUT2D eigenvalue weighted by Crippen LogP contribution is 2.22. The summed E-state index contributed by atoms with van der Waals surface area (Å²) in [7, 11) is 0. The highest BCUT2D eigenvalue weighted by molar-refractivity contribution is 6.31. The van der Waals surface area contributed by atoms with Gasteiger partial charge in [-0.1, -0.05) is 41.9 Å². The second-order valence-corrected chi connectivity index (χ2v) is 7.05. The molecule has 0 radical (unpaired) electrons. The number of nitrogens with one attached hydrogen (secondary N) is 1. The standard InChI is InChI=1S/C21H18ClN3O4/c22-17-7-6-15(10-23)18(9-17)24-19(26)13-29-21(28)16-8-20(27)25(12-16)11-14-4-2-1-3-5-14/h1-7,9,16H,8,11-13H2,(H,24,26). The van der Waals surface area contributed by atoms with Gasteiger partial charge in [-0.3, -0.25) is 14.4 Å². The molecule has 3 rings (SSSR count). The van der Waals surface area contributed by atoms with Gasteiger partial charge in [0.05, 0.1) is 17.2 Å². The summed E-state index contributed by atoms with van der Waals surface area (Å²) in [4.78, 5) is 38.1. The highest BCUT2D eigenvalue weighted by atomic mass is 35.5. The van der Waals surface area contributed by atoms with Crippen molar-refractivity contribution in [3.63, 3.8) is 0 Å². The lowest BCUT2D eigenvalue weighted by Gasteiger charge is -2.16. The number of likely N-dealkylation sites (tertiary alicyclic amines) is 1. The molecule has 1 aliphatic heterocycles. The van der Waals surface area contributed by atoms with Gasteiger partial charge in [0.15, 0.2) is 6.61 Å². The van der Waals surface area contributed by atoms with Crippen LogP contribution < -0.4 is 5.32 Å². The number of amides is 2. The van der Waals surface area contributed by atoms with Crippen LogP contribution in [-0.2, 0) is 25.7 Å². The maximum Gasteiger partial charge on any atom is 0.311 e. The molecular formula is C21H18ClN3O4. The van der Waals surface area contributed by atoms with Crippen molar-refractivity contribution in [2.75, 3.05) is 18.5 Å². The summed E-state index contributed by atoms with van der Waals surface area (Å²) in [6.07, 6.45) is 0.0557. The van der Waals surface area contributed by atoms with Gasteiger partial charge in [0.2, 0.25) is 5.91 Å². The average molecular weight is 412 g/mol. The van der Waals surface area contributed by atoms with Crippen molar-refractivity contribution in [3.8, 4) is 6.07 Å². The van der Waals surface area contributed by atoms with Crippen molar-refractivity contribution in [2.24, 2.45) is 5.92 Å². The zero-order valence-corrected chi connectivity index (χ0v) is 16.2. The number of rotatable bonds is 6. The average Bonchev–Trinajstić information content (AvgIpc) is 3.07. The number of benzene rings is 2. The molecule has 0 aliphatic carbocycles. The fraction of sp³-hybridized carbons (Fsp3) is 0.238. The maximum absolute atomic E-state index is 12.3. The Morgan fingerprint density at radius 2 is 2.00 bits per heavy atom. The minimum Gasteiger partial charge on any atom is -0.455 e. The van der Waals surface area contributed by atoms with Gasteiger partial charge in [0.1, 0.15) is 6.07 Å². The molecule has 1 atom stereocenters. The van der Waals surface area contributed by atoms with Crippen LogP contribution in [0.3, 0.4) is 0 Å². The van der Waals surface area contributed by atoms with E-state index in [9.17, 15) is 14.4 Å². The van der Waals surface area contributed by atoms with E-state index >= 15 is 0 Å². The Bertz CT molecular complexity index is 972. The normalized spacial score (nSPS) is 15.7. The van der Waals surface area contributed by atoms with E-state index in [4.69, 9.17) is 21.6 Å². The Morgan fingerprint density at radius 3 is 2.72 bits per heavy atom. The molecule has 2 aromatic rings. The number of ether oxygens (including phenoxy) is 1. The van der Waals surface area contributed by atoms with Crippen LogP contribution in [-0.4, -0.2) is 35.8 Å². The number of esters is 1. The van der Waals surface area contributed by atoms with E-state index in [1.165, 1.54) is 18.2 Å². The summed E-state index contributed by atoms with van der Waals surface area (Å²) in [6.45, 7) is 0.163. The molecule has 1 N–H and O–H groups in total. The lowest BCUT2D eigenvalue weighted by molar-refractivity contribution is -0.151. The van der Waals surface area contributed by atoms with E-state index < -0.39 is 24.4 Å². The van der Waals surface area contributed by atoms with Gasteiger partial charge >= 0.3 is 5.97 Å². The van der Waals surface area contributed by atoms with Crippen molar-refractivity contribution in [1.29, 1.82) is 5.26 Å². The molecule has 2 amide bonds. The zero-order chi connectivity index (χ0) is 20.8. The molecule has 1 saturated heterocycles. The first-order valence-electron chi connectivity index (χ1n) is 8.94. The van der Waals surface area contributed by atoms with Crippen molar-refractivity contribution in [2.45, 2.75) is 13.0 Å². The number of nitrogens with zero attached hydrogens (tertiary/aromatic N) is 2. The molecule has 8 heteroatoms. The molecule has 0 aromatic heterocycles. The third-order valence-corrected chi connectivity index (χ3v) is 4.72. The molecule has 0 spiro atoms. The van der Waals surface area contributed by atoms with Gasteiger partial charge in [-0.15, -0.1) is 0 Å². The lowest BCUT2D eigenvalue weighted by Crippen LogP contribution is -2.28. The van der Waals surface area contributed by atoms with Crippen LogP contribution in [0, 0.1) is 17.2 Å². The van der Waals surface area contributed by atoms with Crippen LogP contribution in [0.5, 0.6) is 0 Å². The Balaban J connectivity index is 1.51. The Hall–Kier alpha value is -3.37. The fourth-order valence-corrected chi connectivity index (χ4v) is 3.22. The quantitative estimate of drug-likeness (QED) is 0.737. The first-order valence-corrected chi connectivity index (χ1v) is 9.32. The summed E-state index contributed by atoms with van der Waals surface area (Å²) in [6, 6.07) is 15.9.